The molecule has 1 aromatic rings. The van der Waals surface area contributed by atoms with E-state index in [0.29, 0.717) is 5.56 Å². The number of rotatable bonds is 2. The van der Waals surface area contributed by atoms with Crippen LogP contribution in [0.15, 0.2) is 36.9 Å². The smallest absolute Gasteiger partial charge is 0.339 e. The van der Waals surface area contributed by atoms with Gasteiger partial charge >= 0.3 is 6.18 Å². The van der Waals surface area contributed by atoms with Crippen LogP contribution in [0.4, 0.5) is 13.2 Å². The third-order valence-corrected chi connectivity index (χ3v) is 3.08. The maximum Gasteiger partial charge on any atom is 0.416 e. The largest absolute Gasteiger partial charge is 0.416 e. The summed E-state index contributed by atoms with van der Waals surface area (Å²) >= 11 is 0. The van der Waals surface area contributed by atoms with Gasteiger partial charge in [-0.1, -0.05) is 24.8 Å². The number of nitrogens with two attached hydrogens (primary N) is 1. The molecule has 1 saturated heterocycles. The van der Waals surface area contributed by atoms with E-state index in [1.165, 1.54) is 12.1 Å². The molecule has 1 heterocycles. The van der Waals surface area contributed by atoms with Crippen molar-refractivity contribution in [3.63, 3.8) is 0 Å². The fourth-order valence-corrected chi connectivity index (χ4v) is 1.94. The molecule has 1 amide bonds. The second-order valence-corrected chi connectivity index (χ2v) is 4.64. The molecule has 0 spiro atoms. The number of halogens is 3. The maximum absolute atomic E-state index is 12.1. The molecule has 1 fully saturated rings. The highest BCUT2D eigenvalue weighted by molar-refractivity contribution is 5.87. The van der Waals surface area contributed by atoms with E-state index in [0.717, 1.165) is 38.1 Å². The Morgan fingerprint density at radius 1 is 1.33 bits per heavy atom. The van der Waals surface area contributed by atoms with Crippen LogP contribution in [0.2, 0.25) is 0 Å². The van der Waals surface area contributed by atoms with Gasteiger partial charge in [-0.25, -0.2) is 0 Å². The van der Waals surface area contributed by atoms with E-state index in [2.05, 4.69) is 6.58 Å². The molecule has 0 atom stereocenters. The van der Waals surface area contributed by atoms with Crippen molar-refractivity contribution in [3.8, 4) is 0 Å². The molecule has 0 radical (unpaired) electrons. The Morgan fingerprint density at radius 2 is 1.95 bits per heavy atom. The van der Waals surface area contributed by atoms with Crippen molar-refractivity contribution in [1.82, 2.24) is 4.90 Å². The molecule has 2 N–H and O–H groups in total. The number of hydrogen-bond acceptors (Lipinski definition) is 2. The Balaban J connectivity index is 0.000000219. The zero-order chi connectivity index (χ0) is 15.9. The molecule has 0 aromatic heterocycles. The first kappa shape index (κ1) is 17.2. The first-order valence-corrected chi connectivity index (χ1v) is 6.66. The summed E-state index contributed by atoms with van der Waals surface area (Å²) in [6, 6.07) is 5.00. The number of benzene rings is 1. The minimum Gasteiger partial charge on any atom is -0.339 e. The van der Waals surface area contributed by atoms with Crippen molar-refractivity contribution in [3.05, 3.63) is 48.0 Å². The first-order valence-electron chi connectivity index (χ1n) is 6.66. The number of carbonyl (C=O) groups is 1. The molecular formula is C15H19F3N2O. The highest BCUT2D eigenvalue weighted by Crippen LogP contribution is 2.29. The maximum atomic E-state index is 12.1. The lowest BCUT2D eigenvalue weighted by Gasteiger charge is -2.10. The summed E-state index contributed by atoms with van der Waals surface area (Å²) in [7, 11) is 0. The van der Waals surface area contributed by atoms with Crippen molar-refractivity contribution in [2.75, 3.05) is 13.1 Å². The van der Waals surface area contributed by atoms with Gasteiger partial charge in [-0.15, -0.1) is 0 Å². The van der Waals surface area contributed by atoms with Gasteiger partial charge in [0.2, 0.25) is 5.91 Å². The highest BCUT2D eigenvalue weighted by atomic mass is 19.4. The van der Waals surface area contributed by atoms with Gasteiger partial charge in [0, 0.05) is 19.6 Å². The predicted octanol–water partition coefficient (Wildman–Crippen LogP) is 2.96. The minimum atomic E-state index is -4.27. The van der Waals surface area contributed by atoms with E-state index in [1.54, 1.807) is 6.07 Å². The Bertz CT molecular complexity index is 480. The summed E-state index contributed by atoms with van der Waals surface area (Å²) in [5, 5.41) is 0. The molecule has 0 aliphatic carbocycles. The van der Waals surface area contributed by atoms with E-state index in [1.807, 2.05) is 4.90 Å². The summed E-state index contributed by atoms with van der Waals surface area (Å²) in [4.78, 5) is 12.6. The molecule has 1 aromatic carbocycles. The van der Waals surface area contributed by atoms with Crippen LogP contribution in [-0.4, -0.2) is 23.9 Å². The Kier molecular flexibility index (Phi) is 6.42. The third kappa shape index (κ3) is 5.59. The molecule has 6 heteroatoms. The number of carbonyl (C=O) groups excluding carboxylic acids is 1. The monoisotopic (exact) mass is 300 g/mol. The molecule has 116 valence electrons. The third-order valence-electron chi connectivity index (χ3n) is 3.08. The topological polar surface area (TPSA) is 46.3 Å². The summed E-state index contributed by atoms with van der Waals surface area (Å²) in [6.07, 6.45) is -0.588. The minimum absolute atomic E-state index is 0.0764. The SMILES string of the molecule is C=CC(=O)N1CCCC1.NCc1cccc(C(F)(F)F)c1. The van der Waals surface area contributed by atoms with E-state index >= 15 is 0 Å². The summed E-state index contributed by atoms with van der Waals surface area (Å²) in [5.74, 6) is 0.0764. The van der Waals surface area contributed by atoms with Gasteiger partial charge < -0.3 is 10.6 Å². The lowest BCUT2D eigenvalue weighted by atomic mass is 10.1. The van der Waals surface area contributed by atoms with Crippen molar-refractivity contribution in [1.29, 1.82) is 0 Å². The molecule has 0 bridgehead atoms. The van der Waals surface area contributed by atoms with Crippen LogP contribution in [0, 0.1) is 0 Å². The van der Waals surface area contributed by atoms with Crippen molar-refractivity contribution < 1.29 is 18.0 Å². The van der Waals surface area contributed by atoms with Gasteiger partial charge in [0.15, 0.2) is 0 Å². The molecule has 0 unspecified atom stereocenters. The second-order valence-electron chi connectivity index (χ2n) is 4.64. The van der Waals surface area contributed by atoms with Crippen molar-refractivity contribution >= 4 is 5.91 Å². The Morgan fingerprint density at radius 3 is 2.43 bits per heavy atom. The normalized spacial score (nSPS) is 14.4. The van der Waals surface area contributed by atoms with E-state index in [-0.39, 0.29) is 12.5 Å². The van der Waals surface area contributed by atoms with Crippen LogP contribution in [0.1, 0.15) is 24.0 Å². The van der Waals surface area contributed by atoms with Crippen LogP contribution in [0.3, 0.4) is 0 Å². The standard InChI is InChI=1S/C8H8F3N.C7H11NO/c9-8(10,11)7-3-1-2-6(4-7)5-12;1-2-7(9)8-5-3-4-6-8/h1-4H,5,12H2;2H,1,3-6H2. The molecule has 21 heavy (non-hydrogen) atoms. The molecule has 3 nitrogen and oxygen atoms in total. The Labute approximate surface area is 122 Å². The number of likely N-dealkylation sites (tertiary alicyclic amines) is 1. The van der Waals surface area contributed by atoms with E-state index in [9.17, 15) is 18.0 Å². The van der Waals surface area contributed by atoms with Gasteiger partial charge in [-0.2, -0.15) is 13.2 Å². The quantitative estimate of drug-likeness (QED) is 0.854. The van der Waals surface area contributed by atoms with Gasteiger partial charge in [0.05, 0.1) is 5.56 Å². The van der Waals surface area contributed by atoms with Gasteiger partial charge in [0.25, 0.3) is 0 Å². The van der Waals surface area contributed by atoms with Crippen LogP contribution < -0.4 is 5.73 Å². The zero-order valence-electron chi connectivity index (χ0n) is 11.7. The van der Waals surface area contributed by atoms with Gasteiger partial charge in [-0.3, -0.25) is 4.79 Å². The first-order chi connectivity index (χ1) is 9.88. The van der Waals surface area contributed by atoms with Gasteiger partial charge in [-0.05, 0) is 30.5 Å². The Hall–Kier alpha value is -1.82. The van der Waals surface area contributed by atoms with Crippen molar-refractivity contribution in [2.45, 2.75) is 25.6 Å². The number of amides is 1. The highest BCUT2D eigenvalue weighted by Gasteiger charge is 2.30. The van der Waals surface area contributed by atoms with Crippen LogP contribution in [0.5, 0.6) is 0 Å². The van der Waals surface area contributed by atoms with Gasteiger partial charge in [0.1, 0.15) is 0 Å². The summed E-state index contributed by atoms with van der Waals surface area (Å²) in [5.41, 5.74) is 5.04. The molecule has 1 aliphatic rings. The predicted molar refractivity (Wildman–Crippen MR) is 75.3 cm³/mol. The lowest BCUT2D eigenvalue weighted by molar-refractivity contribution is -0.137. The molecule has 2 rings (SSSR count). The summed E-state index contributed by atoms with van der Waals surface area (Å²) < 4.78 is 36.2. The van der Waals surface area contributed by atoms with Crippen LogP contribution >= 0.6 is 0 Å². The second kappa shape index (κ2) is 7.83. The van der Waals surface area contributed by atoms with Crippen molar-refractivity contribution in [2.24, 2.45) is 5.73 Å². The number of hydrogen-bond donors (Lipinski definition) is 1. The summed E-state index contributed by atoms with van der Waals surface area (Å²) in [6.45, 7) is 5.39. The van der Waals surface area contributed by atoms with Crippen LogP contribution in [0.25, 0.3) is 0 Å². The lowest BCUT2D eigenvalue weighted by Crippen LogP contribution is -2.25. The zero-order valence-corrected chi connectivity index (χ0v) is 11.7. The molecular weight excluding hydrogens is 281 g/mol. The average molecular weight is 300 g/mol. The number of nitrogens with zero attached hydrogens (tertiary/aromatic N) is 1. The van der Waals surface area contributed by atoms with E-state index < -0.39 is 11.7 Å². The average Bonchev–Trinajstić information content (AvgIpc) is 3.00. The number of alkyl halides is 3. The fraction of sp³-hybridized carbons (Fsp3) is 0.400. The van der Waals surface area contributed by atoms with Crippen LogP contribution in [-0.2, 0) is 17.5 Å². The van der Waals surface area contributed by atoms with E-state index in [4.69, 9.17) is 5.73 Å². The molecule has 0 saturated carbocycles. The fourth-order valence-electron chi connectivity index (χ4n) is 1.94. The molecule has 1 aliphatic heterocycles.